The zero-order chi connectivity index (χ0) is 15.5. The van der Waals surface area contributed by atoms with Gasteiger partial charge in [-0.3, -0.25) is 4.79 Å². The second kappa shape index (κ2) is 6.70. The Morgan fingerprint density at radius 3 is 2.86 bits per heavy atom. The van der Waals surface area contributed by atoms with E-state index in [9.17, 15) is 18.0 Å². The Morgan fingerprint density at radius 1 is 1.48 bits per heavy atom. The minimum Gasteiger partial charge on any atom is -0.326 e. The molecule has 1 aliphatic rings. The van der Waals surface area contributed by atoms with E-state index in [0.29, 0.717) is 0 Å². The van der Waals surface area contributed by atoms with Gasteiger partial charge < -0.3 is 10.6 Å². The number of halogens is 3. The first kappa shape index (κ1) is 16.2. The summed E-state index contributed by atoms with van der Waals surface area (Å²) >= 11 is 1.77. The van der Waals surface area contributed by atoms with Crippen LogP contribution >= 0.6 is 11.8 Å². The molecule has 0 bridgehead atoms. The van der Waals surface area contributed by atoms with Crippen LogP contribution in [0.4, 0.5) is 18.9 Å². The molecule has 7 heteroatoms. The summed E-state index contributed by atoms with van der Waals surface area (Å²) in [4.78, 5) is 12.0. The van der Waals surface area contributed by atoms with Crippen molar-refractivity contribution in [1.29, 1.82) is 0 Å². The van der Waals surface area contributed by atoms with Gasteiger partial charge in [0.25, 0.3) is 0 Å². The number of carbonyl (C=O) groups is 1. The lowest BCUT2D eigenvalue weighted by Gasteiger charge is -2.23. The summed E-state index contributed by atoms with van der Waals surface area (Å²) in [7, 11) is 0. The van der Waals surface area contributed by atoms with Crippen molar-refractivity contribution in [1.82, 2.24) is 5.32 Å². The van der Waals surface area contributed by atoms with Crippen LogP contribution in [0.3, 0.4) is 0 Å². The van der Waals surface area contributed by atoms with E-state index in [0.717, 1.165) is 24.1 Å². The monoisotopic (exact) mass is 318 g/mol. The van der Waals surface area contributed by atoms with Crippen molar-refractivity contribution in [3.05, 3.63) is 29.3 Å². The number of hydrogen-bond acceptors (Lipinski definition) is 3. The summed E-state index contributed by atoms with van der Waals surface area (Å²) in [6.07, 6.45) is -4.14. The summed E-state index contributed by atoms with van der Waals surface area (Å²) in [5, 5.41) is 5.81. The number of anilines is 1. The normalized spacial score (nSPS) is 19.3. The molecule has 21 heavy (non-hydrogen) atoms. The predicted octanol–water partition coefficient (Wildman–Crippen LogP) is 3.05. The van der Waals surface area contributed by atoms with Crippen molar-refractivity contribution in [3.63, 3.8) is 0 Å². The van der Waals surface area contributed by atoms with Gasteiger partial charge >= 0.3 is 6.18 Å². The van der Waals surface area contributed by atoms with E-state index in [1.165, 1.54) is 19.1 Å². The lowest BCUT2D eigenvalue weighted by molar-refractivity contribution is -0.138. The molecule has 1 saturated heterocycles. The summed E-state index contributed by atoms with van der Waals surface area (Å²) in [6, 6.07) is 3.89. The quantitative estimate of drug-likeness (QED) is 0.900. The highest BCUT2D eigenvalue weighted by Crippen LogP contribution is 2.34. The lowest BCUT2D eigenvalue weighted by atomic mass is 10.1. The van der Waals surface area contributed by atoms with Crippen LogP contribution in [0.5, 0.6) is 0 Å². The van der Waals surface area contributed by atoms with Crippen molar-refractivity contribution in [3.8, 4) is 0 Å². The van der Waals surface area contributed by atoms with Gasteiger partial charge in [0, 0.05) is 36.2 Å². The van der Waals surface area contributed by atoms with Crippen molar-refractivity contribution >= 4 is 23.4 Å². The molecule has 1 atom stereocenters. The van der Waals surface area contributed by atoms with Crippen LogP contribution in [-0.2, 0) is 11.0 Å². The minimum absolute atomic E-state index is 0.0457. The third-order valence-corrected chi connectivity index (χ3v) is 4.47. The molecule has 2 rings (SSSR count). The first-order valence-electron chi connectivity index (χ1n) is 6.65. The molecular weight excluding hydrogens is 301 g/mol. The van der Waals surface area contributed by atoms with E-state index in [1.807, 2.05) is 0 Å². The average Bonchev–Trinajstić information content (AvgIpc) is 2.41. The smallest absolute Gasteiger partial charge is 0.326 e. The van der Waals surface area contributed by atoms with Gasteiger partial charge in [0.15, 0.2) is 0 Å². The largest absolute Gasteiger partial charge is 0.416 e. The van der Waals surface area contributed by atoms with Gasteiger partial charge in [-0.25, -0.2) is 0 Å². The molecule has 0 saturated carbocycles. The Hall–Kier alpha value is -1.21. The Morgan fingerprint density at radius 2 is 2.24 bits per heavy atom. The third-order valence-electron chi connectivity index (χ3n) is 3.34. The molecule has 0 aromatic heterocycles. The molecule has 1 fully saturated rings. The second-order valence-electron chi connectivity index (χ2n) is 4.95. The molecule has 1 aliphatic heterocycles. The maximum Gasteiger partial charge on any atom is 0.416 e. The van der Waals surface area contributed by atoms with Gasteiger partial charge in [-0.2, -0.15) is 24.9 Å². The first-order chi connectivity index (χ1) is 9.88. The summed E-state index contributed by atoms with van der Waals surface area (Å²) in [5.74, 6) is 1.59. The highest BCUT2D eigenvalue weighted by atomic mass is 32.2. The van der Waals surface area contributed by atoms with Crippen molar-refractivity contribution in [2.75, 3.05) is 23.4 Å². The van der Waals surface area contributed by atoms with E-state index in [2.05, 4.69) is 10.6 Å². The maximum atomic E-state index is 12.8. The second-order valence-corrected chi connectivity index (χ2v) is 6.10. The van der Waals surface area contributed by atoms with Gasteiger partial charge in [-0.1, -0.05) is 6.07 Å². The van der Waals surface area contributed by atoms with Crippen LogP contribution in [0.1, 0.15) is 17.5 Å². The van der Waals surface area contributed by atoms with Crippen molar-refractivity contribution < 1.29 is 18.0 Å². The number of rotatable bonds is 3. The van der Waals surface area contributed by atoms with Crippen LogP contribution in [0.15, 0.2) is 18.2 Å². The van der Waals surface area contributed by atoms with Crippen LogP contribution in [0.25, 0.3) is 0 Å². The Balaban J connectivity index is 2.03. The number of alkyl halides is 3. The Labute approximate surface area is 125 Å². The van der Waals surface area contributed by atoms with E-state index in [-0.39, 0.29) is 29.6 Å². The molecule has 1 amide bonds. The number of thioether (sulfide) groups is 1. The summed E-state index contributed by atoms with van der Waals surface area (Å²) < 4.78 is 38.4. The number of hydrogen-bond donors (Lipinski definition) is 2. The predicted molar refractivity (Wildman–Crippen MR) is 78.5 cm³/mol. The molecular formula is C14H17F3N2OS. The fraction of sp³-hybridized carbons (Fsp3) is 0.500. The van der Waals surface area contributed by atoms with Crippen LogP contribution in [0, 0.1) is 6.92 Å². The van der Waals surface area contributed by atoms with E-state index >= 15 is 0 Å². The summed E-state index contributed by atoms with van der Waals surface area (Å²) in [5.41, 5.74) is -0.450. The SMILES string of the molecule is Cc1c(NC(=O)CC2CSCCN2)cccc1C(F)(F)F. The molecule has 0 aliphatic carbocycles. The standard InChI is InChI=1S/C14H17F3N2OS/c1-9-11(14(15,16)17)3-2-4-12(9)19-13(20)7-10-8-21-6-5-18-10/h2-4,10,18H,5-8H2,1H3,(H,19,20). The molecule has 1 heterocycles. The zero-order valence-corrected chi connectivity index (χ0v) is 12.4. The molecule has 3 nitrogen and oxygen atoms in total. The number of benzene rings is 1. The number of amides is 1. The Kier molecular flexibility index (Phi) is 5.16. The molecule has 2 N–H and O–H groups in total. The van der Waals surface area contributed by atoms with Crippen molar-refractivity contribution in [2.24, 2.45) is 0 Å². The fourth-order valence-corrected chi connectivity index (χ4v) is 3.20. The Bertz CT molecular complexity index is 513. The van der Waals surface area contributed by atoms with Gasteiger partial charge in [0.2, 0.25) is 5.91 Å². The highest BCUT2D eigenvalue weighted by Gasteiger charge is 2.33. The van der Waals surface area contributed by atoms with E-state index in [1.54, 1.807) is 11.8 Å². The van der Waals surface area contributed by atoms with Crippen molar-refractivity contribution in [2.45, 2.75) is 25.6 Å². The first-order valence-corrected chi connectivity index (χ1v) is 7.81. The zero-order valence-electron chi connectivity index (χ0n) is 11.6. The minimum atomic E-state index is -4.41. The lowest BCUT2D eigenvalue weighted by Crippen LogP contribution is -2.40. The van der Waals surface area contributed by atoms with E-state index in [4.69, 9.17) is 0 Å². The van der Waals surface area contributed by atoms with Gasteiger partial charge in [-0.05, 0) is 24.6 Å². The topological polar surface area (TPSA) is 41.1 Å². The molecule has 0 spiro atoms. The van der Waals surface area contributed by atoms with Crippen LogP contribution in [-0.4, -0.2) is 30.0 Å². The molecule has 0 radical (unpaired) electrons. The van der Waals surface area contributed by atoms with Gasteiger partial charge in [-0.15, -0.1) is 0 Å². The summed E-state index contributed by atoms with van der Waals surface area (Å²) in [6.45, 7) is 2.22. The number of carbonyl (C=O) groups excluding carboxylic acids is 1. The third kappa shape index (κ3) is 4.38. The average molecular weight is 318 g/mol. The molecule has 1 aromatic carbocycles. The maximum absolute atomic E-state index is 12.8. The molecule has 1 unspecified atom stereocenters. The van der Waals surface area contributed by atoms with E-state index < -0.39 is 11.7 Å². The highest BCUT2D eigenvalue weighted by molar-refractivity contribution is 7.99. The molecule has 116 valence electrons. The van der Waals surface area contributed by atoms with Gasteiger partial charge in [0.05, 0.1) is 5.56 Å². The fourth-order valence-electron chi connectivity index (χ4n) is 2.25. The van der Waals surface area contributed by atoms with Crippen LogP contribution < -0.4 is 10.6 Å². The van der Waals surface area contributed by atoms with Crippen LogP contribution in [0.2, 0.25) is 0 Å². The molecule has 1 aromatic rings. The number of nitrogens with one attached hydrogen (secondary N) is 2. The van der Waals surface area contributed by atoms with Gasteiger partial charge in [0.1, 0.15) is 0 Å².